The van der Waals surface area contributed by atoms with Gasteiger partial charge in [0.2, 0.25) is 0 Å². The number of unbranched alkanes of at least 4 members (excludes halogenated alkanes) is 8. The van der Waals surface area contributed by atoms with Gasteiger partial charge in [-0.2, -0.15) is 0 Å². The van der Waals surface area contributed by atoms with Gasteiger partial charge in [0.25, 0.3) is 0 Å². The predicted octanol–water partition coefficient (Wildman–Crippen LogP) is 5.59. The van der Waals surface area contributed by atoms with Gasteiger partial charge in [-0.25, -0.2) is 0 Å². The summed E-state index contributed by atoms with van der Waals surface area (Å²) in [6.45, 7) is 7.90. The fourth-order valence-corrected chi connectivity index (χ4v) is 2.83. The van der Waals surface area contributed by atoms with Crippen molar-refractivity contribution >= 4 is 11.9 Å². The van der Waals surface area contributed by atoms with Crippen molar-refractivity contribution in [3.05, 3.63) is 0 Å². The number of esters is 1. The van der Waals surface area contributed by atoms with Crippen molar-refractivity contribution < 1.29 is 19.4 Å². The largest absolute Gasteiger partial charge is 0.480 e. The second-order valence-corrected chi connectivity index (χ2v) is 7.16. The molecule has 0 bridgehead atoms. The molecular formula is C20H38O4. The molecule has 0 aromatic heterocycles. The molecule has 4 nitrogen and oxygen atoms in total. The molecule has 0 radical (unpaired) electrons. The van der Waals surface area contributed by atoms with Gasteiger partial charge in [-0.05, 0) is 25.7 Å². The average Bonchev–Trinajstić information content (AvgIpc) is 2.56. The van der Waals surface area contributed by atoms with Gasteiger partial charge in [0, 0.05) is 0 Å². The van der Waals surface area contributed by atoms with Crippen LogP contribution in [0.1, 0.15) is 98.3 Å². The Balaban J connectivity index is 4.21. The zero-order valence-electron chi connectivity index (χ0n) is 16.2. The Kier molecular flexibility index (Phi) is 12.7. The molecule has 24 heavy (non-hydrogen) atoms. The first-order valence-corrected chi connectivity index (χ1v) is 9.81. The molecule has 0 aromatic rings. The van der Waals surface area contributed by atoms with Crippen LogP contribution in [0.5, 0.6) is 0 Å². The molecule has 0 spiro atoms. The van der Waals surface area contributed by atoms with E-state index < -0.39 is 17.4 Å². The molecule has 0 amide bonds. The topological polar surface area (TPSA) is 63.6 Å². The van der Waals surface area contributed by atoms with Gasteiger partial charge in [0.05, 0.1) is 6.61 Å². The highest BCUT2D eigenvalue weighted by molar-refractivity contribution is 5.99. The van der Waals surface area contributed by atoms with E-state index in [-0.39, 0.29) is 5.92 Å². The summed E-state index contributed by atoms with van der Waals surface area (Å²) in [5, 5.41) is 9.55. The fraction of sp³-hybridized carbons (Fsp3) is 0.900. The van der Waals surface area contributed by atoms with E-state index in [1.807, 2.05) is 13.8 Å². The summed E-state index contributed by atoms with van der Waals surface area (Å²) in [5.74, 6) is -1.88. The number of rotatable bonds is 15. The maximum absolute atomic E-state index is 12.3. The third-order valence-electron chi connectivity index (χ3n) is 5.08. The summed E-state index contributed by atoms with van der Waals surface area (Å²) < 4.78 is 5.19. The van der Waals surface area contributed by atoms with Crippen LogP contribution in [0.4, 0.5) is 0 Å². The van der Waals surface area contributed by atoms with Crippen LogP contribution in [-0.4, -0.2) is 23.7 Å². The van der Waals surface area contributed by atoms with Crippen molar-refractivity contribution in [2.75, 3.05) is 6.61 Å². The lowest BCUT2D eigenvalue weighted by molar-refractivity contribution is -0.171. The first-order chi connectivity index (χ1) is 11.4. The molecule has 2 atom stereocenters. The zero-order valence-corrected chi connectivity index (χ0v) is 16.2. The molecule has 0 aliphatic heterocycles. The SMILES string of the molecule is CCCCCCCCCCC(C)C(C)(C(=O)O)C(=O)OCCCC. The monoisotopic (exact) mass is 342 g/mol. The van der Waals surface area contributed by atoms with E-state index in [4.69, 9.17) is 4.74 Å². The Labute approximate surface area is 148 Å². The van der Waals surface area contributed by atoms with Crippen LogP contribution in [-0.2, 0) is 14.3 Å². The Morgan fingerprint density at radius 2 is 1.42 bits per heavy atom. The number of carbonyl (C=O) groups is 2. The van der Waals surface area contributed by atoms with Crippen LogP contribution >= 0.6 is 0 Å². The number of hydrogen-bond acceptors (Lipinski definition) is 3. The van der Waals surface area contributed by atoms with Gasteiger partial charge < -0.3 is 9.84 Å². The van der Waals surface area contributed by atoms with Crippen LogP contribution in [0.2, 0.25) is 0 Å². The lowest BCUT2D eigenvalue weighted by atomic mass is 9.75. The molecule has 0 heterocycles. The second kappa shape index (κ2) is 13.3. The van der Waals surface area contributed by atoms with Crippen LogP contribution in [0.25, 0.3) is 0 Å². The molecule has 0 saturated heterocycles. The molecule has 142 valence electrons. The molecular weight excluding hydrogens is 304 g/mol. The van der Waals surface area contributed by atoms with E-state index in [1.54, 1.807) is 0 Å². The van der Waals surface area contributed by atoms with E-state index in [0.29, 0.717) is 6.61 Å². The third-order valence-corrected chi connectivity index (χ3v) is 5.08. The van der Waals surface area contributed by atoms with Crippen LogP contribution < -0.4 is 0 Å². The molecule has 1 N–H and O–H groups in total. The van der Waals surface area contributed by atoms with Crippen molar-refractivity contribution in [1.29, 1.82) is 0 Å². The lowest BCUT2D eigenvalue weighted by Gasteiger charge is -2.29. The Hall–Kier alpha value is -1.06. The zero-order chi connectivity index (χ0) is 18.4. The maximum atomic E-state index is 12.3. The van der Waals surface area contributed by atoms with Crippen molar-refractivity contribution in [1.82, 2.24) is 0 Å². The fourth-order valence-electron chi connectivity index (χ4n) is 2.83. The van der Waals surface area contributed by atoms with Crippen LogP contribution in [0.3, 0.4) is 0 Å². The predicted molar refractivity (Wildman–Crippen MR) is 98.0 cm³/mol. The summed E-state index contributed by atoms with van der Waals surface area (Å²) in [6, 6.07) is 0. The van der Waals surface area contributed by atoms with E-state index in [9.17, 15) is 14.7 Å². The quantitative estimate of drug-likeness (QED) is 0.239. The van der Waals surface area contributed by atoms with Gasteiger partial charge in [-0.15, -0.1) is 0 Å². The van der Waals surface area contributed by atoms with E-state index >= 15 is 0 Å². The Morgan fingerprint density at radius 3 is 1.92 bits per heavy atom. The smallest absolute Gasteiger partial charge is 0.323 e. The summed E-state index contributed by atoms with van der Waals surface area (Å²) in [4.78, 5) is 23.9. The molecule has 0 saturated carbocycles. The van der Waals surface area contributed by atoms with Crippen molar-refractivity contribution in [2.24, 2.45) is 11.3 Å². The van der Waals surface area contributed by atoms with Gasteiger partial charge in [-0.3, -0.25) is 9.59 Å². The second-order valence-electron chi connectivity index (χ2n) is 7.16. The first-order valence-electron chi connectivity index (χ1n) is 9.81. The average molecular weight is 343 g/mol. The summed E-state index contributed by atoms with van der Waals surface area (Å²) in [7, 11) is 0. The number of ether oxygens (including phenoxy) is 1. The number of carbonyl (C=O) groups excluding carboxylic acids is 1. The van der Waals surface area contributed by atoms with Gasteiger partial charge in [0.15, 0.2) is 5.41 Å². The molecule has 2 unspecified atom stereocenters. The minimum atomic E-state index is -1.44. The molecule has 0 rings (SSSR count). The van der Waals surface area contributed by atoms with Crippen molar-refractivity contribution in [3.63, 3.8) is 0 Å². The number of hydrogen-bond donors (Lipinski definition) is 1. The highest BCUT2D eigenvalue weighted by Gasteiger charge is 2.47. The van der Waals surface area contributed by atoms with Crippen molar-refractivity contribution in [2.45, 2.75) is 98.3 Å². The molecule has 4 heteroatoms. The minimum Gasteiger partial charge on any atom is -0.480 e. The normalized spacial score (nSPS) is 14.8. The summed E-state index contributed by atoms with van der Waals surface area (Å²) >= 11 is 0. The Morgan fingerprint density at radius 1 is 0.917 bits per heavy atom. The van der Waals surface area contributed by atoms with Gasteiger partial charge in [0.1, 0.15) is 0 Å². The van der Waals surface area contributed by atoms with Gasteiger partial charge in [-0.1, -0.05) is 78.6 Å². The van der Waals surface area contributed by atoms with Gasteiger partial charge >= 0.3 is 11.9 Å². The molecule has 0 aliphatic rings. The Bertz CT molecular complexity index is 354. The number of carboxylic acid groups (broad SMARTS) is 1. The highest BCUT2D eigenvalue weighted by atomic mass is 16.5. The minimum absolute atomic E-state index is 0.218. The highest BCUT2D eigenvalue weighted by Crippen LogP contribution is 2.33. The standard InChI is InChI=1S/C20H38O4/c1-5-7-9-10-11-12-13-14-15-17(3)20(4,18(21)22)19(23)24-16-8-6-2/h17H,5-16H2,1-4H3,(H,21,22). The van der Waals surface area contributed by atoms with Crippen LogP contribution in [0, 0.1) is 11.3 Å². The first kappa shape index (κ1) is 22.9. The van der Waals surface area contributed by atoms with Crippen molar-refractivity contribution in [3.8, 4) is 0 Å². The van der Waals surface area contributed by atoms with E-state index in [2.05, 4.69) is 6.92 Å². The summed E-state index contributed by atoms with van der Waals surface area (Å²) in [6.07, 6.45) is 12.2. The lowest BCUT2D eigenvalue weighted by Crippen LogP contribution is -2.43. The van der Waals surface area contributed by atoms with E-state index in [1.165, 1.54) is 45.4 Å². The number of aliphatic carboxylic acids is 1. The molecule has 0 aromatic carbocycles. The third kappa shape index (κ3) is 8.16. The maximum Gasteiger partial charge on any atom is 0.323 e. The molecule has 0 aliphatic carbocycles. The van der Waals surface area contributed by atoms with E-state index in [0.717, 1.165) is 32.1 Å². The molecule has 0 fully saturated rings. The number of carboxylic acids is 1. The van der Waals surface area contributed by atoms with Crippen LogP contribution in [0.15, 0.2) is 0 Å². The summed E-state index contributed by atoms with van der Waals surface area (Å²) in [5.41, 5.74) is -1.44.